The lowest BCUT2D eigenvalue weighted by atomic mass is 10.1. The Morgan fingerprint density at radius 3 is 2.33 bits per heavy atom. The highest BCUT2D eigenvalue weighted by Gasteiger charge is 2.09. The third kappa shape index (κ3) is 4.03. The second kappa shape index (κ2) is 6.85. The number of aromatic carboxylic acids is 1. The summed E-state index contributed by atoms with van der Waals surface area (Å²) in [6.07, 6.45) is 0. The van der Waals surface area contributed by atoms with E-state index in [2.05, 4.69) is 5.32 Å². The van der Waals surface area contributed by atoms with Crippen LogP contribution in [-0.4, -0.2) is 18.2 Å². The van der Waals surface area contributed by atoms with E-state index in [1.807, 2.05) is 24.3 Å². The minimum Gasteiger partial charge on any atom is -0.497 e. The number of rotatable bonds is 6. The first-order valence-corrected chi connectivity index (χ1v) is 6.45. The van der Waals surface area contributed by atoms with Gasteiger partial charge in [0.15, 0.2) is 0 Å². The van der Waals surface area contributed by atoms with Crippen molar-refractivity contribution < 1.29 is 19.0 Å². The van der Waals surface area contributed by atoms with E-state index >= 15 is 0 Å². The average molecular weight is 289 g/mol. The first-order valence-electron chi connectivity index (χ1n) is 6.45. The van der Waals surface area contributed by atoms with E-state index in [1.54, 1.807) is 13.2 Å². The smallest absolute Gasteiger partial charge is 0.338 e. The van der Waals surface area contributed by atoms with E-state index in [1.165, 1.54) is 12.1 Å². The second-order valence-corrected chi connectivity index (χ2v) is 4.57. The lowest BCUT2D eigenvalue weighted by Gasteiger charge is -2.07. The van der Waals surface area contributed by atoms with Crippen molar-refractivity contribution >= 4 is 5.97 Å². The Kier molecular flexibility index (Phi) is 4.90. The first kappa shape index (κ1) is 15.0. The Labute approximate surface area is 122 Å². The summed E-state index contributed by atoms with van der Waals surface area (Å²) < 4.78 is 18.6. The quantitative estimate of drug-likeness (QED) is 0.858. The number of hydrogen-bond donors (Lipinski definition) is 2. The minimum absolute atomic E-state index is 0.311. The summed E-state index contributed by atoms with van der Waals surface area (Å²) in [7, 11) is 1.61. The van der Waals surface area contributed by atoms with Gasteiger partial charge in [0.2, 0.25) is 0 Å². The molecular formula is C16H16FNO3. The lowest BCUT2D eigenvalue weighted by molar-refractivity contribution is 0.0692. The molecule has 0 saturated heterocycles. The topological polar surface area (TPSA) is 58.6 Å². The third-order valence-electron chi connectivity index (χ3n) is 3.08. The normalized spacial score (nSPS) is 10.4. The number of methoxy groups -OCH3 is 1. The van der Waals surface area contributed by atoms with Crippen LogP contribution < -0.4 is 10.1 Å². The number of benzene rings is 2. The van der Waals surface area contributed by atoms with Crippen molar-refractivity contribution in [2.45, 2.75) is 13.1 Å². The molecule has 0 aromatic heterocycles. The van der Waals surface area contributed by atoms with Crippen molar-refractivity contribution in [1.82, 2.24) is 5.32 Å². The molecule has 0 unspecified atom stereocenters. The van der Waals surface area contributed by atoms with Crippen molar-refractivity contribution in [3.63, 3.8) is 0 Å². The molecule has 0 atom stereocenters. The van der Waals surface area contributed by atoms with Gasteiger partial charge < -0.3 is 15.2 Å². The Balaban J connectivity index is 1.91. The molecule has 0 aliphatic rings. The number of hydrogen-bond acceptors (Lipinski definition) is 3. The summed E-state index contributed by atoms with van der Waals surface area (Å²) in [6.45, 7) is 1.09. The number of ether oxygens (including phenoxy) is 1. The van der Waals surface area contributed by atoms with E-state index in [4.69, 9.17) is 9.84 Å². The third-order valence-corrected chi connectivity index (χ3v) is 3.08. The van der Waals surface area contributed by atoms with Gasteiger partial charge >= 0.3 is 5.97 Å². The predicted octanol–water partition coefficient (Wildman–Crippen LogP) is 2.82. The zero-order valence-electron chi connectivity index (χ0n) is 11.6. The molecule has 110 valence electrons. The molecule has 2 aromatic rings. The fourth-order valence-electron chi connectivity index (χ4n) is 1.94. The van der Waals surface area contributed by atoms with E-state index in [0.29, 0.717) is 18.7 Å². The standard InChI is InChI=1S/C16H16FNO3/c1-21-13-5-2-11(3-6-13)9-18-10-12-4-7-14(16(19)20)15(17)8-12/h2-8,18H,9-10H2,1H3,(H,19,20). The zero-order chi connectivity index (χ0) is 15.2. The molecule has 2 aromatic carbocycles. The number of carboxylic acid groups (broad SMARTS) is 1. The number of carboxylic acids is 1. The SMILES string of the molecule is COc1ccc(CNCc2ccc(C(=O)O)c(F)c2)cc1. The molecule has 21 heavy (non-hydrogen) atoms. The van der Waals surface area contributed by atoms with Gasteiger partial charge in [0, 0.05) is 13.1 Å². The zero-order valence-corrected chi connectivity index (χ0v) is 11.6. The largest absolute Gasteiger partial charge is 0.497 e. The molecule has 0 radical (unpaired) electrons. The van der Waals surface area contributed by atoms with Crippen LogP contribution in [0.15, 0.2) is 42.5 Å². The van der Waals surface area contributed by atoms with Crippen LogP contribution in [0.4, 0.5) is 4.39 Å². The Morgan fingerprint density at radius 1 is 1.14 bits per heavy atom. The van der Waals surface area contributed by atoms with Crippen molar-refractivity contribution in [3.8, 4) is 5.75 Å². The molecule has 2 rings (SSSR count). The molecule has 5 heteroatoms. The maximum atomic E-state index is 13.5. The summed E-state index contributed by atoms with van der Waals surface area (Å²) in [6, 6.07) is 11.8. The molecule has 0 fully saturated rings. The molecule has 0 aliphatic heterocycles. The predicted molar refractivity (Wildman–Crippen MR) is 76.9 cm³/mol. The van der Waals surface area contributed by atoms with Crippen LogP contribution in [0.2, 0.25) is 0 Å². The van der Waals surface area contributed by atoms with Crippen molar-refractivity contribution in [2.24, 2.45) is 0 Å². The van der Waals surface area contributed by atoms with Gasteiger partial charge in [0.05, 0.1) is 12.7 Å². The molecule has 0 spiro atoms. The highest BCUT2D eigenvalue weighted by atomic mass is 19.1. The highest BCUT2D eigenvalue weighted by molar-refractivity contribution is 5.87. The van der Waals surface area contributed by atoms with E-state index in [0.717, 1.165) is 11.3 Å². The maximum absolute atomic E-state index is 13.5. The van der Waals surface area contributed by atoms with Gasteiger partial charge in [-0.15, -0.1) is 0 Å². The van der Waals surface area contributed by atoms with Gasteiger partial charge in [-0.1, -0.05) is 18.2 Å². The van der Waals surface area contributed by atoms with Crippen molar-refractivity contribution in [2.75, 3.05) is 7.11 Å². The number of halogens is 1. The summed E-state index contributed by atoms with van der Waals surface area (Å²) in [5, 5.41) is 11.9. The van der Waals surface area contributed by atoms with Crippen molar-refractivity contribution in [3.05, 3.63) is 65.0 Å². The molecule has 4 nitrogen and oxygen atoms in total. The van der Waals surface area contributed by atoms with Gasteiger partial charge in [-0.3, -0.25) is 0 Å². The van der Waals surface area contributed by atoms with Crippen LogP contribution in [-0.2, 0) is 13.1 Å². The molecule has 0 bridgehead atoms. The first-order chi connectivity index (χ1) is 10.1. The van der Waals surface area contributed by atoms with Gasteiger partial charge in [-0.05, 0) is 35.4 Å². The molecule has 0 saturated carbocycles. The molecule has 0 amide bonds. The Hall–Kier alpha value is -2.40. The fourth-order valence-corrected chi connectivity index (χ4v) is 1.94. The monoisotopic (exact) mass is 289 g/mol. The van der Waals surface area contributed by atoms with Gasteiger partial charge in [-0.2, -0.15) is 0 Å². The molecule has 0 aliphatic carbocycles. The summed E-state index contributed by atoms with van der Waals surface area (Å²) in [4.78, 5) is 10.7. The molecule has 2 N–H and O–H groups in total. The lowest BCUT2D eigenvalue weighted by Crippen LogP contribution is -2.13. The van der Waals surface area contributed by atoms with E-state index < -0.39 is 11.8 Å². The Bertz CT molecular complexity index is 626. The second-order valence-electron chi connectivity index (χ2n) is 4.57. The van der Waals surface area contributed by atoms with Crippen LogP contribution in [0.5, 0.6) is 5.75 Å². The van der Waals surface area contributed by atoms with Crippen LogP contribution in [0.25, 0.3) is 0 Å². The summed E-state index contributed by atoms with van der Waals surface area (Å²) in [5.74, 6) is -1.18. The molecular weight excluding hydrogens is 273 g/mol. The summed E-state index contributed by atoms with van der Waals surface area (Å²) in [5.41, 5.74) is 1.47. The van der Waals surface area contributed by atoms with Gasteiger partial charge in [-0.25, -0.2) is 9.18 Å². The van der Waals surface area contributed by atoms with Crippen LogP contribution in [0.3, 0.4) is 0 Å². The van der Waals surface area contributed by atoms with E-state index in [-0.39, 0.29) is 5.56 Å². The van der Waals surface area contributed by atoms with Crippen LogP contribution >= 0.6 is 0 Å². The van der Waals surface area contributed by atoms with E-state index in [9.17, 15) is 9.18 Å². The van der Waals surface area contributed by atoms with Crippen LogP contribution in [0.1, 0.15) is 21.5 Å². The highest BCUT2D eigenvalue weighted by Crippen LogP contribution is 2.12. The minimum atomic E-state index is -1.26. The fraction of sp³-hybridized carbons (Fsp3) is 0.188. The van der Waals surface area contributed by atoms with Crippen LogP contribution in [0, 0.1) is 5.82 Å². The number of carbonyl (C=O) groups is 1. The van der Waals surface area contributed by atoms with Crippen molar-refractivity contribution in [1.29, 1.82) is 0 Å². The van der Waals surface area contributed by atoms with Gasteiger partial charge in [0.1, 0.15) is 11.6 Å². The average Bonchev–Trinajstić information content (AvgIpc) is 2.47. The summed E-state index contributed by atoms with van der Waals surface area (Å²) >= 11 is 0. The number of nitrogens with one attached hydrogen (secondary N) is 1. The molecule has 0 heterocycles. The maximum Gasteiger partial charge on any atom is 0.338 e. The Morgan fingerprint density at radius 2 is 1.76 bits per heavy atom. The van der Waals surface area contributed by atoms with Gasteiger partial charge in [0.25, 0.3) is 0 Å².